The highest BCUT2D eigenvalue weighted by atomic mass is 16.5. The van der Waals surface area contributed by atoms with Gasteiger partial charge in [-0.3, -0.25) is 0 Å². The summed E-state index contributed by atoms with van der Waals surface area (Å²) in [6, 6.07) is 17.8. The van der Waals surface area contributed by atoms with Gasteiger partial charge in [0.1, 0.15) is 0 Å². The summed E-state index contributed by atoms with van der Waals surface area (Å²) in [5.74, 6) is 6.63. The molecule has 3 aromatic rings. The quantitative estimate of drug-likeness (QED) is 0.438. The first-order chi connectivity index (χ1) is 15.1. The highest BCUT2D eigenvalue weighted by Crippen LogP contribution is 2.21. The maximum atomic E-state index is 5.22. The second kappa shape index (κ2) is 11.6. The van der Waals surface area contributed by atoms with Crippen LogP contribution in [0.3, 0.4) is 0 Å². The summed E-state index contributed by atoms with van der Waals surface area (Å²) in [5.41, 5.74) is 5.98. The second-order valence-corrected chi connectivity index (χ2v) is 7.96. The Kier molecular flexibility index (Phi) is 8.58. The average Bonchev–Trinajstić information content (AvgIpc) is 3.14. The second-order valence-electron chi connectivity index (χ2n) is 7.96. The molecule has 4 nitrogen and oxygen atoms in total. The Morgan fingerprint density at radius 2 is 1.87 bits per heavy atom. The van der Waals surface area contributed by atoms with Crippen LogP contribution in [0, 0.1) is 18.8 Å². The van der Waals surface area contributed by atoms with Gasteiger partial charge in [-0.15, -0.1) is 0 Å². The molecule has 1 aromatic heterocycles. The molecule has 2 N–H and O–H groups in total. The van der Waals surface area contributed by atoms with Crippen LogP contribution in [-0.2, 0) is 17.8 Å². The molecule has 31 heavy (non-hydrogen) atoms. The molecular formula is C27H35N3O. The molecule has 0 aliphatic rings. The zero-order valence-corrected chi connectivity index (χ0v) is 19.3. The first-order valence-electron chi connectivity index (χ1n) is 11.3. The number of ether oxygens (including phenoxy) is 1. The van der Waals surface area contributed by atoms with Crippen LogP contribution in [-0.4, -0.2) is 30.9 Å². The Morgan fingerprint density at radius 1 is 1.06 bits per heavy atom. The van der Waals surface area contributed by atoms with E-state index in [0.717, 1.165) is 43.9 Å². The van der Waals surface area contributed by atoms with Gasteiger partial charge in [-0.25, -0.2) is 0 Å². The van der Waals surface area contributed by atoms with Crippen LogP contribution in [0.4, 0.5) is 5.69 Å². The zero-order valence-electron chi connectivity index (χ0n) is 19.3. The summed E-state index contributed by atoms with van der Waals surface area (Å²) in [7, 11) is 1.76. The normalized spacial score (nSPS) is 11.9. The monoisotopic (exact) mass is 417 g/mol. The van der Waals surface area contributed by atoms with Crippen molar-refractivity contribution in [2.45, 2.75) is 52.7 Å². The van der Waals surface area contributed by atoms with E-state index in [0.29, 0.717) is 12.6 Å². The fraction of sp³-hybridized carbons (Fsp3) is 0.407. The van der Waals surface area contributed by atoms with Gasteiger partial charge in [-0.2, -0.15) is 0 Å². The molecule has 4 heteroatoms. The van der Waals surface area contributed by atoms with Crippen LogP contribution in [0.15, 0.2) is 48.5 Å². The maximum absolute atomic E-state index is 5.22. The third-order valence-corrected chi connectivity index (χ3v) is 5.69. The van der Waals surface area contributed by atoms with Crippen LogP contribution >= 0.6 is 0 Å². The predicted molar refractivity (Wildman–Crippen MR) is 132 cm³/mol. The van der Waals surface area contributed by atoms with Crippen LogP contribution in [0.2, 0.25) is 0 Å². The lowest BCUT2D eigenvalue weighted by Crippen LogP contribution is -2.29. The molecule has 0 radical (unpaired) electrons. The molecule has 1 atom stereocenters. The minimum atomic E-state index is 0.485. The van der Waals surface area contributed by atoms with Gasteiger partial charge in [0.15, 0.2) is 0 Å². The standard InChI is InChI=1S/C27H35N3O/c1-5-24(15-17-31-4)29-20-22-11-14-27-23(18-22)19-26(30(27)6-2)8-7-16-28-25-12-9-21(3)10-13-25/h9-14,18-19,24,28-29H,5-6,15-17,20H2,1-4H3. The predicted octanol–water partition coefficient (Wildman–Crippen LogP) is 5.34. The Labute approximate surface area is 187 Å². The maximum Gasteiger partial charge on any atom is 0.0931 e. The summed E-state index contributed by atoms with van der Waals surface area (Å²) >= 11 is 0. The molecule has 1 heterocycles. The smallest absolute Gasteiger partial charge is 0.0931 e. The van der Waals surface area contributed by atoms with E-state index in [2.05, 4.69) is 96.3 Å². The van der Waals surface area contributed by atoms with Crippen molar-refractivity contribution in [2.24, 2.45) is 0 Å². The minimum Gasteiger partial charge on any atom is -0.385 e. The third-order valence-electron chi connectivity index (χ3n) is 5.69. The lowest BCUT2D eigenvalue weighted by molar-refractivity contribution is 0.181. The minimum absolute atomic E-state index is 0.485. The van der Waals surface area contributed by atoms with Gasteiger partial charge in [0, 0.05) is 49.4 Å². The van der Waals surface area contributed by atoms with Crippen LogP contribution in [0.5, 0.6) is 0 Å². The number of methoxy groups -OCH3 is 1. The summed E-state index contributed by atoms with van der Waals surface area (Å²) in [6.45, 7) is 9.69. The Balaban J connectivity index is 1.68. The van der Waals surface area contributed by atoms with Crippen molar-refractivity contribution in [2.75, 3.05) is 25.6 Å². The van der Waals surface area contributed by atoms with E-state index in [1.807, 2.05) is 0 Å². The van der Waals surface area contributed by atoms with E-state index >= 15 is 0 Å². The molecule has 1 unspecified atom stereocenters. The van der Waals surface area contributed by atoms with E-state index in [-0.39, 0.29) is 0 Å². The Hall–Kier alpha value is -2.74. The van der Waals surface area contributed by atoms with Gasteiger partial charge in [0.2, 0.25) is 0 Å². The van der Waals surface area contributed by atoms with E-state index in [1.54, 1.807) is 7.11 Å². The molecule has 0 saturated heterocycles. The van der Waals surface area contributed by atoms with Crippen molar-refractivity contribution in [3.8, 4) is 11.8 Å². The number of aryl methyl sites for hydroxylation is 2. The third kappa shape index (κ3) is 6.37. The molecule has 3 rings (SSSR count). The van der Waals surface area contributed by atoms with Crippen molar-refractivity contribution in [1.82, 2.24) is 9.88 Å². The molecule has 0 saturated carbocycles. The van der Waals surface area contributed by atoms with Gasteiger partial charge in [-0.1, -0.05) is 36.6 Å². The zero-order chi connectivity index (χ0) is 22.1. The van der Waals surface area contributed by atoms with Gasteiger partial charge in [0.05, 0.1) is 12.2 Å². The van der Waals surface area contributed by atoms with Crippen LogP contribution in [0.1, 0.15) is 43.5 Å². The fourth-order valence-electron chi connectivity index (χ4n) is 3.80. The van der Waals surface area contributed by atoms with Crippen molar-refractivity contribution < 1.29 is 4.74 Å². The topological polar surface area (TPSA) is 38.2 Å². The molecule has 0 amide bonds. The van der Waals surface area contributed by atoms with E-state index < -0.39 is 0 Å². The molecule has 2 aromatic carbocycles. The van der Waals surface area contributed by atoms with Gasteiger partial charge in [0.25, 0.3) is 0 Å². The van der Waals surface area contributed by atoms with Gasteiger partial charge < -0.3 is 19.9 Å². The van der Waals surface area contributed by atoms with E-state index in [4.69, 9.17) is 4.74 Å². The lowest BCUT2D eigenvalue weighted by Gasteiger charge is -2.16. The number of hydrogen-bond donors (Lipinski definition) is 2. The summed E-state index contributed by atoms with van der Waals surface area (Å²) < 4.78 is 7.51. The van der Waals surface area contributed by atoms with Crippen LogP contribution in [0.25, 0.3) is 10.9 Å². The Morgan fingerprint density at radius 3 is 2.58 bits per heavy atom. The first kappa shape index (κ1) is 22.9. The number of hydrogen-bond acceptors (Lipinski definition) is 3. The number of fused-ring (bicyclic) bond motifs is 1. The van der Waals surface area contributed by atoms with Crippen molar-refractivity contribution in [1.29, 1.82) is 0 Å². The van der Waals surface area contributed by atoms with Gasteiger partial charge in [-0.05, 0) is 68.5 Å². The molecule has 0 spiro atoms. The molecule has 0 fully saturated rings. The van der Waals surface area contributed by atoms with Crippen molar-refractivity contribution in [3.63, 3.8) is 0 Å². The molecular weight excluding hydrogens is 382 g/mol. The molecule has 0 aliphatic carbocycles. The highest BCUT2D eigenvalue weighted by Gasteiger charge is 2.09. The number of nitrogens with one attached hydrogen (secondary N) is 2. The fourth-order valence-corrected chi connectivity index (χ4v) is 3.80. The summed E-state index contributed by atoms with van der Waals surface area (Å²) in [4.78, 5) is 0. The number of rotatable bonds is 10. The first-order valence-corrected chi connectivity index (χ1v) is 11.3. The molecule has 0 bridgehead atoms. The van der Waals surface area contributed by atoms with Crippen molar-refractivity contribution in [3.05, 3.63) is 65.4 Å². The van der Waals surface area contributed by atoms with Gasteiger partial charge >= 0.3 is 0 Å². The Bertz CT molecular complexity index is 1020. The summed E-state index contributed by atoms with van der Waals surface area (Å²) in [6.07, 6.45) is 2.14. The highest BCUT2D eigenvalue weighted by molar-refractivity contribution is 5.83. The SMILES string of the molecule is CCC(CCOC)NCc1ccc2c(c1)cc(C#CCNc1ccc(C)cc1)n2CC. The molecule has 164 valence electrons. The van der Waals surface area contributed by atoms with E-state index in [9.17, 15) is 0 Å². The molecule has 0 aliphatic heterocycles. The number of nitrogens with zero attached hydrogens (tertiary/aromatic N) is 1. The number of anilines is 1. The van der Waals surface area contributed by atoms with E-state index in [1.165, 1.54) is 22.0 Å². The largest absolute Gasteiger partial charge is 0.385 e. The lowest BCUT2D eigenvalue weighted by atomic mass is 10.1. The average molecular weight is 418 g/mol. The summed E-state index contributed by atoms with van der Waals surface area (Å²) in [5, 5.41) is 8.28. The number of benzene rings is 2. The number of aromatic nitrogens is 1. The van der Waals surface area contributed by atoms with Crippen molar-refractivity contribution >= 4 is 16.6 Å². The van der Waals surface area contributed by atoms with Crippen LogP contribution < -0.4 is 10.6 Å².